The number of para-hydroxylation sites is 2. The SMILES string of the molecule is COC(=O)Cn1c(CC(N)=S)nc2ccccc21. The highest BCUT2D eigenvalue weighted by Crippen LogP contribution is 2.16. The molecule has 0 radical (unpaired) electrons. The standard InChI is InChI=1S/C12H13N3O2S/c1-17-12(16)7-15-9-5-3-2-4-8(9)14-11(15)6-10(13)18/h2-5H,6-7H2,1H3,(H2,13,18). The molecule has 0 spiro atoms. The normalized spacial score (nSPS) is 10.5. The zero-order valence-corrected chi connectivity index (χ0v) is 10.7. The Labute approximate surface area is 110 Å². The molecule has 0 amide bonds. The number of fused-ring (bicyclic) bond motifs is 1. The van der Waals surface area contributed by atoms with Crippen molar-refractivity contribution < 1.29 is 9.53 Å². The second-order valence-electron chi connectivity index (χ2n) is 3.82. The zero-order valence-electron chi connectivity index (χ0n) is 9.92. The first kappa shape index (κ1) is 12.5. The van der Waals surface area contributed by atoms with Gasteiger partial charge in [-0.05, 0) is 12.1 Å². The molecule has 1 aromatic carbocycles. The van der Waals surface area contributed by atoms with Crippen molar-refractivity contribution >= 4 is 34.2 Å². The van der Waals surface area contributed by atoms with Crippen molar-refractivity contribution in [3.63, 3.8) is 0 Å². The van der Waals surface area contributed by atoms with E-state index in [1.165, 1.54) is 7.11 Å². The van der Waals surface area contributed by atoms with Gasteiger partial charge in [-0.3, -0.25) is 4.79 Å². The number of carbonyl (C=O) groups is 1. The van der Waals surface area contributed by atoms with Gasteiger partial charge >= 0.3 is 5.97 Å². The highest BCUT2D eigenvalue weighted by molar-refractivity contribution is 7.80. The summed E-state index contributed by atoms with van der Waals surface area (Å²) < 4.78 is 6.46. The molecule has 2 rings (SSSR count). The summed E-state index contributed by atoms with van der Waals surface area (Å²) in [5.41, 5.74) is 7.22. The van der Waals surface area contributed by atoms with Gasteiger partial charge in [-0.15, -0.1) is 0 Å². The Bertz CT molecular complexity index is 606. The second kappa shape index (κ2) is 5.14. The Kier molecular flexibility index (Phi) is 3.57. The van der Waals surface area contributed by atoms with Crippen molar-refractivity contribution in [3.8, 4) is 0 Å². The van der Waals surface area contributed by atoms with E-state index in [2.05, 4.69) is 9.72 Å². The molecular weight excluding hydrogens is 250 g/mol. The molecule has 0 aliphatic rings. The summed E-state index contributed by atoms with van der Waals surface area (Å²) in [4.78, 5) is 16.2. The lowest BCUT2D eigenvalue weighted by Crippen LogP contribution is -2.18. The van der Waals surface area contributed by atoms with Crippen LogP contribution in [0.2, 0.25) is 0 Å². The molecule has 0 saturated carbocycles. The Hall–Kier alpha value is -1.95. The summed E-state index contributed by atoms with van der Waals surface area (Å²) in [5, 5.41) is 0. The molecule has 0 aliphatic heterocycles. The number of thiocarbonyl (C=S) groups is 1. The van der Waals surface area contributed by atoms with Crippen LogP contribution in [0, 0.1) is 0 Å². The predicted octanol–water partition coefficient (Wildman–Crippen LogP) is 1.04. The summed E-state index contributed by atoms with van der Waals surface area (Å²) in [6.07, 6.45) is 0.362. The number of imidazole rings is 1. The molecular formula is C12H13N3O2S. The maximum absolute atomic E-state index is 11.4. The topological polar surface area (TPSA) is 70.1 Å². The van der Waals surface area contributed by atoms with Crippen LogP contribution < -0.4 is 5.73 Å². The summed E-state index contributed by atoms with van der Waals surface area (Å²) in [6, 6.07) is 7.56. The number of ether oxygens (including phenoxy) is 1. The van der Waals surface area contributed by atoms with Crippen molar-refractivity contribution in [1.82, 2.24) is 9.55 Å². The number of benzene rings is 1. The van der Waals surface area contributed by atoms with E-state index in [4.69, 9.17) is 18.0 Å². The first-order valence-corrected chi connectivity index (χ1v) is 5.82. The van der Waals surface area contributed by atoms with E-state index in [1.807, 2.05) is 24.3 Å². The number of rotatable bonds is 4. The second-order valence-corrected chi connectivity index (χ2v) is 4.35. The Morgan fingerprint density at radius 2 is 2.22 bits per heavy atom. The van der Waals surface area contributed by atoms with Crippen LogP contribution in [0.3, 0.4) is 0 Å². The predicted molar refractivity (Wildman–Crippen MR) is 72.2 cm³/mol. The van der Waals surface area contributed by atoms with Crippen molar-refractivity contribution in [1.29, 1.82) is 0 Å². The van der Waals surface area contributed by atoms with Gasteiger partial charge in [0.2, 0.25) is 0 Å². The van der Waals surface area contributed by atoms with Gasteiger partial charge in [0, 0.05) is 0 Å². The molecule has 0 atom stereocenters. The van der Waals surface area contributed by atoms with Crippen LogP contribution in [0.5, 0.6) is 0 Å². The van der Waals surface area contributed by atoms with Crippen molar-refractivity contribution in [2.45, 2.75) is 13.0 Å². The van der Waals surface area contributed by atoms with Gasteiger partial charge in [0.15, 0.2) is 0 Å². The number of nitrogens with zero attached hydrogens (tertiary/aromatic N) is 2. The number of esters is 1. The van der Waals surface area contributed by atoms with Crippen molar-refractivity contribution in [2.75, 3.05) is 7.11 Å². The third-order valence-corrected chi connectivity index (χ3v) is 2.73. The van der Waals surface area contributed by atoms with Gasteiger partial charge in [0.1, 0.15) is 12.4 Å². The molecule has 2 N–H and O–H groups in total. The smallest absolute Gasteiger partial charge is 0.325 e. The molecule has 1 aromatic heterocycles. The van der Waals surface area contributed by atoms with E-state index in [-0.39, 0.29) is 12.5 Å². The molecule has 5 nitrogen and oxygen atoms in total. The zero-order chi connectivity index (χ0) is 13.1. The average molecular weight is 263 g/mol. The number of methoxy groups -OCH3 is 1. The van der Waals surface area contributed by atoms with Crippen LogP contribution in [0.1, 0.15) is 5.82 Å². The van der Waals surface area contributed by atoms with E-state index >= 15 is 0 Å². The lowest BCUT2D eigenvalue weighted by atomic mass is 10.3. The Morgan fingerprint density at radius 1 is 1.50 bits per heavy atom. The largest absolute Gasteiger partial charge is 0.468 e. The third kappa shape index (κ3) is 2.48. The van der Waals surface area contributed by atoms with Gasteiger partial charge in [-0.2, -0.15) is 0 Å². The fraction of sp³-hybridized carbons (Fsp3) is 0.250. The molecule has 6 heteroatoms. The number of carbonyl (C=O) groups excluding carboxylic acids is 1. The van der Waals surface area contributed by atoms with Crippen LogP contribution in [0.25, 0.3) is 11.0 Å². The number of hydrogen-bond acceptors (Lipinski definition) is 4. The first-order valence-electron chi connectivity index (χ1n) is 5.41. The van der Waals surface area contributed by atoms with Crippen LogP contribution in [0.15, 0.2) is 24.3 Å². The van der Waals surface area contributed by atoms with Crippen LogP contribution >= 0.6 is 12.2 Å². The van der Waals surface area contributed by atoms with Crippen LogP contribution in [-0.2, 0) is 22.5 Å². The lowest BCUT2D eigenvalue weighted by molar-refractivity contribution is -0.141. The maximum Gasteiger partial charge on any atom is 0.325 e. The quantitative estimate of drug-likeness (QED) is 0.659. The molecule has 94 valence electrons. The van der Waals surface area contributed by atoms with E-state index in [1.54, 1.807) is 4.57 Å². The summed E-state index contributed by atoms with van der Waals surface area (Å²) in [7, 11) is 1.36. The number of aromatic nitrogens is 2. The highest BCUT2D eigenvalue weighted by atomic mass is 32.1. The van der Waals surface area contributed by atoms with E-state index in [0.717, 1.165) is 11.0 Å². The maximum atomic E-state index is 11.4. The monoisotopic (exact) mass is 263 g/mol. The lowest BCUT2D eigenvalue weighted by Gasteiger charge is -2.07. The van der Waals surface area contributed by atoms with Gasteiger partial charge in [-0.1, -0.05) is 24.4 Å². The van der Waals surface area contributed by atoms with E-state index in [9.17, 15) is 4.79 Å². The summed E-state index contributed by atoms with van der Waals surface area (Å²) in [5.74, 6) is 0.344. The van der Waals surface area contributed by atoms with Gasteiger partial charge < -0.3 is 15.0 Å². The molecule has 0 unspecified atom stereocenters. The molecule has 0 fully saturated rings. The molecule has 1 heterocycles. The van der Waals surface area contributed by atoms with E-state index in [0.29, 0.717) is 17.2 Å². The molecule has 0 aliphatic carbocycles. The van der Waals surface area contributed by atoms with Crippen LogP contribution in [0.4, 0.5) is 0 Å². The Balaban J connectivity index is 2.50. The Morgan fingerprint density at radius 3 is 2.89 bits per heavy atom. The van der Waals surface area contributed by atoms with Gasteiger partial charge in [0.25, 0.3) is 0 Å². The molecule has 18 heavy (non-hydrogen) atoms. The average Bonchev–Trinajstić information content (AvgIpc) is 2.66. The van der Waals surface area contributed by atoms with Crippen molar-refractivity contribution in [3.05, 3.63) is 30.1 Å². The minimum Gasteiger partial charge on any atom is -0.468 e. The first-order chi connectivity index (χ1) is 8.61. The molecule has 0 bridgehead atoms. The minimum atomic E-state index is -0.331. The summed E-state index contributed by atoms with van der Waals surface area (Å²) >= 11 is 4.89. The minimum absolute atomic E-state index is 0.106. The number of hydrogen-bond donors (Lipinski definition) is 1. The highest BCUT2D eigenvalue weighted by Gasteiger charge is 2.14. The van der Waals surface area contributed by atoms with E-state index < -0.39 is 0 Å². The fourth-order valence-corrected chi connectivity index (χ4v) is 1.92. The third-order valence-electron chi connectivity index (χ3n) is 2.58. The molecule has 0 saturated heterocycles. The molecule has 2 aromatic rings. The van der Waals surface area contributed by atoms with Gasteiger partial charge in [-0.25, -0.2) is 4.98 Å². The number of nitrogens with two attached hydrogens (primary N) is 1. The van der Waals surface area contributed by atoms with Crippen molar-refractivity contribution in [2.24, 2.45) is 5.73 Å². The fourth-order valence-electron chi connectivity index (χ4n) is 1.79. The van der Waals surface area contributed by atoms with Crippen LogP contribution in [-0.4, -0.2) is 27.6 Å². The van der Waals surface area contributed by atoms with Gasteiger partial charge in [0.05, 0.1) is 29.6 Å². The summed E-state index contributed by atoms with van der Waals surface area (Å²) in [6.45, 7) is 0.106.